The maximum atomic E-state index is 11.8. The molecule has 1 aliphatic rings. The molecule has 1 aliphatic carbocycles. The Morgan fingerprint density at radius 2 is 2.12 bits per heavy atom. The lowest BCUT2D eigenvalue weighted by atomic mass is 9.84. The van der Waals surface area contributed by atoms with E-state index in [1.807, 2.05) is 0 Å². The van der Waals surface area contributed by atoms with E-state index < -0.39 is 0 Å². The predicted molar refractivity (Wildman–Crippen MR) is 71.6 cm³/mol. The van der Waals surface area contributed by atoms with Crippen molar-refractivity contribution in [2.24, 2.45) is 17.1 Å². The molecular weight excluding hydrogens is 212 g/mol. The fraction of sp³-hybridized carbons (Fsp3) is 0.929. The number of hydrogen-bond acceptors (Lipinski definition) is 2. The van der Waals surface area contributed by atoms with E-state index in [2.05, 4.69) is 26.1 Å². The van der Waals surface area contributed by atoms with Gasteiger partial charge >= 0.3 is 0 Å². The highest BCUT2D eigenvalue weighted by Gasteiger charge is 2.37. The third-order valence-corrected chi connectivity index (χ3v) is 3.78. The highest BCUT2D eigenvalue weighted by Crippen LogP contribution is 2.34. The van der Waals surface area contributed by atoms with Gasteiger partial charge in [0.1, 0.15) is 0 Å². The SMILES string of the molecule is CCCC1CC1NC(=O)CCC(C)(C)CCN. The monoisotopic (exact) mass is 240 g/mol. The summed E-state index contributed by atoms with van der Waals surface area (Å²) < 4.78 is 0. The van der Waals surface area contributed by atoms with E-state index in [4.69, 9.17) is 5.73 Å². The topological polar surface area (TPSA) is 55.1 Å². The van der Waals surface area contributed by atoms with Crippen molar-refractivity contribution in [2.45, 2.75) is 65.3 Å². The average molecular weight is 240 g/mol. The molecule has 2 atom stereocenters. The summed E-state index contributed by atoms with van der Waals surface area (Å²) in [5.74, 6) is 0.972. The highest BCUT2D eigenvalue weighted by molar-refractivity contribution is 5.76. The molecule has 3 nitrogen and oxygen atoms in total. The maximum Gasteiger partial charge on any atom is 0.220 e. The van der Waals surface area contributed by atoms with Crippen molar-refractivity contribution in [1.82, 2.24) is 5.32 Å². The molecule has 3 N–H and O–H groups in total. The van der Waals surface area contributed by atoms with Crippen LogP contribution in [-0.2, 0) is 4.79 Å². The standard InChI is InChI=1S/C14H28N2O/c1-4-5-11-10-12(11)16-13(17)6-7-14(2,3)8-9-15/h11-12H,4-10,15H2,1-3H3,(H,16,17). The minimum absolute atomic E-state index is 0.193. The molecule has 0 aromatic rings. The largest absolute Gasteiger partial charge is 0.353 e. The molecule has 3 heteroatoms. The molecule has 1 rings (SSSR count). The van der Waals surface area contributed by atoms with Gasteiger partial charge in [-0.25, -0.2) is 0 Å². The Labute approximate surface area is 106 Å². The highest BCUT2D eigenvalue weighted by atomic mass is 16.1. The number of amides is 1. The summed E-state index contributed by atoms with van der Waals surface area (Å²) in [5.41, 5.74) is 5.76. The van der Waals surface area contributed by atoms with Crippen molar-refractivity contribution in [2.75, 3.05) is 6.54 Å². The normalized spacial score (nSPS) is 23.5. The first-order chi connectivity index (χ1) is 7.98. The van der Waals surface area contributed by atoms with E-state index in [0.717, 1.165) is 18.8 Å². The van der Waals surface area contributed by atoms with Gasteiger partial charge < -0.3 is 11.1 Å². The van der Waals surface area contributed by atoms with Gasteiger partial charge in [-0.1, -0.05) is 27.2 Å². The first-order valence-electron chi connectivity index (χ1n) is 6.98. The van der Waals surface area contributed by atoms with Gasteiger partial charge in [-0.3, -0.25) is 4.79 Å². The van der Waals surface area contributed by atoms with Crippen molar-refractivity contribution in [3.05, 3.63) is 0 Å². The van der Waals surface area contributed by atoms with Gasteiger partial charge in [-0.15, -0.1) is 0 Å². The van der Waals surface area contributed by atoms with Crippen molar-refractivity contribution in [3.8, 4) is 0 Å². The molecule has 0 spiro atoms. The van der Waals surface area contributed by atoms with Crippen LogP contribution in [0.25, 0.3) is 0 Å². The van der Waals surface area contributed by atoms with Gasteiger partial charge in [0.05, 0.1) is 0 Å². The van der Waals surface area contributed by atoms with Gasteiger partial charge in [-0.2, -0.15) is 0 Å². The van der Waals surface area contributed by atoms with E-state index in [-0.39, 0.29) is 11.3 Å². The first kappa shape index (κ1) is 14.5. The molecule has 0 aliphatic heterocycles. The summed E-state index contributed by atoms with van der Waals surface area (Å²) in [6, 6.07) is 0.472. The van der Waals surface area contributed by atoms with E-state index >= 15 is 0 Å². The lowest BCUT2D eigenvalue weighted by Crippen LogP contribution is -2.28. The Morgan fingerprint density at radius 3 is 2.71 bits per heavy atom. The lowest BCUT2D eigenvalue weighted by molar-refractivity contribution is -0.121. The zero-order valence-electron chi connectivity index (χ0n) is 11.6. The zero-order chi connectivity index (χ0) is 12.9. The number of nitrogens with one attached hydrogen (secondary N) is 1. The van der Waals surface area contributed by atoms with Gasteiger partial charge in [0, 0.05) is 12.5 Å². The van der Waals surface area contributed by atoms with Crippen LogP contribution in [0, 0.1) is 11.3 Å². The van der Waals surface area contributed by atoms with E-state index in [1.165, 1.54) is 19.3 Å². The van der Waals surface area contributed by atoms with E-state index in [1.54, 1.807) is 0 Å². The molecule has 0 heterocycles. The fourth-order valence-corrected chi connectivity index (χ4v) is 2.36. The van der Waals surface area contributed by atoms with Crippen molar-refractivity contribution < 1.29 is 4.79 Å². The summed E-state index contributed by atoms with van der Waals surface area (Å²) >= 11 is 0. The van der Waals surface area contributed by atoms with Gasteiger partial charge in [-0.05, 0) is 43.6 Å². The van der Waals surface area contributed by atoms with Gasteiger partial charge in [0.25, 0.3) is 0 Å². The average Bonchev–Trinajstić information content (AvgIpc) is 2.94. The quantitative estimate of drug-likeness (QED) is 0.684. The predicted octanol–water partition coefficient (Wildman–Crippen LogP) is 2.45. The Hall–Kier alpha value is -0.570. The summed E-state index contributed by atoms with van der Waals surface area (Å²) in [7, 11) is 0. The molecule has 1 fully saturated rings. The van der Waals surface area contributed by atoms with Crippen LogP contribution in [0.5, 0.6) is 0 Å². The minimum Gasteiger partial charge on any atom is -0.353 e. The van der Waals surface area contributed by atoms with E-state index in [0.29, 0.717) is 19.0 Å². The summed E-state index contributed by atoms with van der Waals surface area (Å²) in [4.78, 5) is 11.8. The molecule has 0 saturated heterocycles. The van der Waals surface area contributed by atoms with Crippen molar-refractivity contribution in [3.63, 3.8) is 0 Å². The third-order valence-electron chi connectivity index (χ3n) is 3.78. The minimum atomic E-state index is 0.193. The van der Waals surface area contributed by atoms with Crippen LogP contribution in [0.15, 0.2) is 0 Å². The maximum absolute atomic E-state index is 11.8. The van der Waals surface area contributed by atoms with Crippen LogP contribution >= 0.6 is 0 Å². The molecule has 1 saturated carbocycles. The van der Waals surface area contributed by atoms with Gasteiger partial charge in [0.15, 0.2) is 0 Å². The molecule has 100 valence electrons. The van der Waals surface area contributed by atoms with Crippen LogP contribution in [0.2, 0.25) is 0 Å². The number of carbonyl (C=O) groups is 1. The summed E-state index contributed by atoms with van der Waals surface area (Å²) in [5, 5.41) is 3.13. The fourth-order valence-electron chi connectivity index (χ4n) is 2.36. The number of nitrogens with two attached hydrogens (primary N) is 1. The Bertz CT molecular complexity index is 251. The Balaban J connectivity index is 2.14. The lowest BCUT2D eigenvalue weighted by Gasteiger charge is -2.23. The molecule has 2 unspecified atom stereocenters. The first-order valence-corrected chi connectivity index (χ1v) is 6.98. The second-order valence-electron chi connectivity index (χ2n) is 6.16. The molecule has 0 aromatic heterocycles. The molecule has 0 radical (unpaired) electrons. The molecule has 0 aromatic carbocycles. The smallest absolute Gasteiger partial charge is 0.220 e. The molecule has 1 amide bonds. The second-order valence-corrected chi connectivity index (χ2v) is 6.16. The van der Waals surface area contributed by atoms with Crippen molar-refractivity contribution in [1.29, 1.82) is 0 Å². The number of carbonyl (C=O) groups excluding carboxylic acids is 1. The van der Waals surface area contributed by atoms with Crippen LogP contribution in [0.3, 0.4) is 0 Å². The zero-order valence-corrected chi connectivity index (χ0v) is 11.6. The Kier molecular flexibility index (Phi) is 5.44. The third kappa shape index (κ3) is 5.53. The van der Waals surface area contributed by atoms with E-state index in [9.17, 15) is 4.79 Å². The second kappa shape index (κ2) is 6.39. The summed E-state index contributed by atoms with van der Waals surface area (Å²) in [6.07, 6.45) is 6.22. The van der Waals surface area contributed by atoms with Crippen LogP contribution in [0.4, 0.5) is 0 Å². The van der Waals surface area contributed by atoms with Crippen molar-refractivity contribution >= 4 is 5.91 Å². The number of rotatable bonds is 8. The summed E-state index contributed by atoms with van der Waals surface area (Å²) in [6.45, 7) is 7.27. The van der Waals surface area contributed by atoms with Crippen LogP contribution in [0.1, 0.15) is 59.3 Å². The Morgan fingerprint density at radius 1 is 1.41 bits per heavy atom. The molecular formula is C14H28N2O. The molecule has 17 heavy (non-hydrogen) atoms. The van der Waals surface area contributed by atoms with Gasteiger partial charge in [0.2, 0.25) is 5.91 Å². The molecule has 0 bridgehead atoms. The van der Waals surface area contributed by atoms with Crippen LogP contribution in [-0.4, -0.2) is 18.5 Å². The van der Waals surface area contributed by atoms with Crippen LogP contribution < -0.4 is 11.1 Å². The number of hydrogen-bond donors (Lipinski definition) is 2.